The fraction of sp³-hybridized carbons (Fsp3) is 0.154. The molecule has 0 fully saturated rings. The maximum atomic E-state index is 7.45. The summed E-state index contributed by atoms with van der Waals surface area (Å²) in [6.45, 7) is 13.8. The lowest BCUT2D eigenvalue weighted by Crippen LogP contribution is -2.10. The highest BCUT2D eigenvalue weighted by atomic mass is 35.5. The van der Waals surface area contributed by atoms with Gasteiger partial charge in [-0.3, -0.25) is 0 Å². The number of hydrogen-bond donors (Lipinski definition) is 0. The molecule has 0 aliphatic carbocycles. The first-order valence-electron chi connectivity index (χ1n) is 19.0. The molecule has 0 bridgehead atoms. The average Bonchev–Trinajstić information content (AvgIpc) is 3.57. The zero-order chi connectivity index (χ0) is 37.0. The lowest BCUT2D eigenvalue weighted by Gasteiger charge is -2.20. The number of halogens is 2. The second-order valence-electron chi connectivity index (χ2n) is 17.4. The molecule has 0 N–H and O–H groups in total. The molecular weight excluding hydrogens is 695 g/mol. The Morgan fingerprint density at radius 3 is 0.889 bits per heavy atom. The second-order valence-corrected chi connectivity index (χ2v) is 18.3. The third-order valence-electron chi connectivity index (χ3n) is 12.3. The van der Waals surface area contributed by atoms with Crippen molar-refractivity contribution in [3.8, 4) is 0 Å². The summed E-state index contributed by atoms with van der Waals surface area (Å²) in [6, 6.07) is 45.3. The van der Waals surface area contributed by atoms with Crippen LogP contribution in [0.2, 0.25) is 10.0 Å². The van der Waals surface area contributed by atoms with Crippen LogP contribution in [-0.2, 0) is 10.8 Å². The standard InChI is InChI=1S/C52H38Cl2/c1-51(2,3)27-21-23-35-37(25-27)33-17-11-19-39(53)41(33)43-29-13-7-10-16-32(29)46-48-36-24-22-28(52(4,5)6)26-38(36)34-18-12-20-40(54)42(34)44-30-14-8-9-15-31(30)45(50(44)48)47(35)49(43)46/h7-26H,1-6H3. The van der Waals surface area contributed by atoms with Gasteiger partial charge in [-0.1, -0.05) is 162 Å². The van der Waals surface area contributed by atoms with Crippen molar-refractivity contribution in [3.63, 3.8) is 0 Å². The van der Waals surface area contributed by atoms with Crippen LogP contribution in [0.15, 0.2) is 121 Å². The van der Waals surface area contributed by atoms with E-state index in [4.69, 9.17) is 23.2 Å². The van der Waals surface area contributed by atoms with Gasteiger partial charge in [0.05, 0.1) is 0 Å². The molecule has 0 unspecified atom stereocenters. The van der Waals surface area contributed by atoms with Crippen LogP contribution >= 0.6 is 23.2 Å². The Morgan fingerprint density at radius 1 is 0.278 bits per heavy atom. The van der Waals surface area contributed by atoms with Crippen LogP contribution in [0.1, 0.15) is 52.7 Å². The molecule has 11 rings (SSSR count). The average molecular weight is 734 g/mol. The lowest BCUT2D eigenvalue weighted by atomic mass is 9.84. The normalized spacial score (nSPS) is 13.2. The van der Waals surface area contributed by atoms with Gasteiger partial charge in [0.25, 0.3) is 0 Å². The van der Waals surface area contributed by atoms with E-state index in [9.17, 15) is 0 Å². The van der Waals surface area contributed by atoms with Gasteiger partial charge in [-0.05, 0) is 132 Å². The lowest BCUT2D eigenvalue weighted by molar-refractivity contribution is 0.591. The van der Waals surface area contributed by atoms with Gasteiger partial charge in [-0.15, -0.1) is 0 Å². The van der Waals surface area contributed by atoms with Crippen molar-refractivity contribution in [2.24, 2.45) is 0 Å². The van der Waals surface area contributed by atoms with Crippen LogP contribution in [0.4, 0.5) is 0 Å². The molecular formula is C52H38Cl2. The van der Waals surface area contributed by atoms with Crippen molar-refractivity contribution in [1.82, 2.24) is 0 Å². The monoisotopic (exact) mass is 732 g/mol. The van der Waals surface area contributed by atoms with Crippen LogP contribution in [0, 0.1) is 0 Å². The van der Waals surface area contributed by atoms with E-state index < -0.39 is 0 Å². The summed E-state index contributed by atoms with van der Waals surface area (Å²) in [7, 11) is 0. The number of fused-ring (bicyclic) bond motifs is 18. The molecule has 11 aromatic rings. The predicted molar refractivity (Wildman–Crippen MR) is 240 cm³/mol. The molecule has 0 aliphatic heterocycles. The van der Waals surface area contributed by atoms with Crippen molar-refractivity contribution in [1.29, 1.82) is 0 Å². The molecule has 0 saturated heterocycles. The molecule has 0 aromatic heterocycles. The SMILES string of the molecule is CC(C)(C)c1ccc2c(c1)c1cccc(Cl)c1c1c3ccccc3c3c4c5ccc(C(C)(C)C)cc5c5cccc(Cl)c5c5c6ccccc6c(c2c13)c54. The third-order valence-corrected chi connectivity index (χ3v) is 13.0. The van der Waals surface area contributed by atoms with Crippen LogP contribution in [0.3, 0.4) is 0 Å². The third kappa shape index (κ3) is 4.11. The number of rotatable bonds is 0. The highest BCUT2D eigenvalue weighted by molar-refractivity contribution is 6.57. The molecule has 260 valence electrons. The van der Waals surface area contributed by atoms with Crippen molar-refractivity contribution >= 4 is 131 Å². The van der Waals surface area contributed by atoms with Gasteiger partial charge in [0.2, 0.25) is 0 Å². The van der Waals surface area contributed by atoms with Crippen molar-refractivity contribution in [2.75, 3.05) is 0 Å². The number of hydrogen-bond acceptors (Lipinski definition) is 0. The Kier molecular flexibility index (Phi) is 6.43. The Hall–Kier alpha value is -5.14. The van der Waals surface area contributed by atoms with E-state index in [-0.39, 0.29) is 10.8 Å². The van der Waals surface area contributed by atoms with Crippen molar-refractivity contribution in [2.45, 2.75) is 52.4 Å². The van der Waals surface area contributed by atoms with Gasteiger partial charge in [0.1, 0.15) is 0 Å². The van der Waals surface area contributed by atoms with Crippen molar-refractivity contribution in [3.05, 3.63) is 142 Å². The molecule has 0 nitrogen and oxygen atoms in total. The van der Waals surface area contributed by atoms with E-state index in [1.165, 1.54) is 108 Å². The molecule has 54 heavy (non-hydrogen) atoms. The Labute approximate surface area is 324 Å². The maximum absolute atomic E-state index is 7.45. The van der Waals surface area contributed by atoms with Crippen molar-refractivity contribution < 1.29 is 0 Å². The first-order valence-corrected chi connectivity index (χ1v) is 19.8. The summed E-state index contributed by atoms with van der Waals surface area (Å²) < 4.78 is 0. The molecule has 0 saturated carbocycles. The molecule has 2 heteroatoms. The summed E-state index contributed by atoms with van der Waals surface area (Å²) in [5.41, 5.74) is 2.55. The van der Waals surface area contributed by atoms with Gasteiger partial charge in [0.15, 0.2) is 0 Å². The number of benzene rings is 7. The van der Waals surface area contributed by atoms with E-state index >= 15 is 0 Å². The molecule has 0 amide bonds. The van der Waals surface area contributed by atoms with Gasteiger partial charge < -0.3 is 0 Å². The summed E-state index contributed by atoms with van der Waals surface area (Å²) in [5, 5.41) is 26.2. The van der Waals surface area contributed by atoms with E-state index in [2.05, 4.69) is 163 Å². The first-order chi connectivity index (χ1) is 25.9. The maximum Gasteiger partial charge on any atom is 0.0491 e. The molecule has 0 heterocycles. The highest BCUT2D eigenvalue weighted by Crippen LogP contribution is 2.56. The minimum absolute atomic E-state index is 0.0293. The van der Waals surface area contributed by atoms with Crippen LogP contribution < -0.4 is 0 Å². The fourth-order valence-corrected chi connectivity index (χ4v) is 10.4. The van der Waals surface area contributed by atoms with Gasteiger partial charge in [0, 0.05) is 31.6 Å². The highest BCUT2D eigenvalue weighted by Gasteiger charge is 2.28. The molecule has 11 aromatic carbocycles. The summed E-state index contributed by atoms with van der Waals surface area (Å²) >= 11 is 14.9. The minimum Gasteiger partial charge on any atom is -0.0836 e. The van der Waals surface area contributed by atoms with Crippen LogP contribution in [0.25, 0.3) is 108 Å². The largest absolute Gasteiger partial charge is 0.0836 e. The van der Waals surface area contributed by atoms with E-state index in [1.807, 2.05) is 0 Å². The van der Waals surface area contributed by atoms with E-state index in [0.29, 0.717) is 0 Å². The summed E-state index contributed by atoms with van der Waals surface area (Å²) in [5.74, 6) is 0. The molecule has 0 spiro atoms. The van der Waals surface area contributed by atoms with Gasteiger partial charge >= 0.3 is 0 Å². The zero-order valence-corrected chi connectivity index (χ0v) is 32.8. The molecule has 0 aliphatic rings. The minimum atomic E-state index is -0.0293. The topological polar surface area (TPSA) is 0 Å². The Morgan fingerprint density at radius 2 is 0.556 bits per heavy atom. The zero-order valence-electron chi connectivity index (χ0n) is 31.3. The second kappa shape index (κ2) is 10.8. The summed E-state index contributed by atoms with van der Waals surface area (Å²) in [4.78, 5) is 0. The van der Waals surface area contributed by atoms with Crippen LogP contribution in [-0.4, -0.2) is 0 Å². The first kappa shape index (κ1) is 32.3. The smallest absolute Gasteiger partial charge is 0.0491 e. The molecule has 0 atom stereocenters. The van der Waals surface area contributed by atoms with Crippen LogP contribution in [0.5, 0.6) is 0 Å². The predicted octanol–water partition coefficient (Wildman–Crippen LogP) is 16.6. The Bertz CT molecular complexity index is 3230. The Balaban J connectivity index is 1.63. The van der Waals surface area contributed by atoms with E-state index in [1.54, 1.807) is 0 Å². The summed E-state index contributed by atoms with van der Waals surface area (Å²) in [6.07, 6.45) is 0. The van der Waals surface area contributed by atoms with Gasteiger partial charge in [-0.25, -0.2) is 0 Å². The quantitative estimate of drug-likeness (QED) is 0.146. The molecule has 0 radical (unpaired) electrons. The van der Waals surface area contributed by atoms with Gasteiger partial charge in [-0.2, -0.15) is 0 Å². The van der Waals surface area contributed by atoms with E-state index in [0.717, 1.165) is 20.8 Å². The fourth-order valence-electron chi connectivity index (χ4n) is 9.86.